The van der Waals surface area contributed by atoms with Crippen LogP contribution in [0.15, 0.2) is 35.5 Å². The van der Waals surface area contributed by atoms with Crippen LogP contribution in [-0.2, 0) is 0 Å². The summed E-state index contributed by atoms with van der Waals surface area (Å²) < 4.78 is 0. The van der Waals surface area contributed by atoms with Crippen molar-refractivity contribution in [2.24, 2.45) is 4.99 Å². The maximum absolute atomic E-state index is 9.70. The smallest absolute Gasteiger partial charge is 0.194 e. The second-order valence-electron chi connectivity index (χ2n) is 3.43. The number of phenolic OH excluding ortho intramolecular Hbond substituents is 1. The summed E-state index contributed by atoms with van der Waals surface area (Å²) in [7, 11) is 0. The van der Waals surface area contributed by atoms with Gasteiger partial charge < -0.3 is 10.2 Å². The lowest BCUT2D eigenvalue weighted by Gasteiger charge is -2.02. The number of hydrogen-bond donors (Lipinski definition) is 2. The van der Waals surface area contributed by atoms with Gasteiger partial charge in [0, 0.05) is 23.0 Å². The summed E-state index contributed by atoms with van der Waals surface area (Å²) in [6.07, 6.45) is 2.83. The van der Waals surface area contributed by atoms with Crippen LogP contribution in [0.1, 0.15) is 5.56 Å². The van der Waals surface area contributed by atoms with Crippen molar-refractivity contribution in [1.82, 2.24) is 4.98 Å². The molecule has 0 amide bonds. The SMILES string of the molecule is Oc1cccnc1N=Cc1cc(Cl)cc(Cl)c1O. The van der Waals surface area contributed by atoms with Gasteiger partial charge in [0.25, 0.3) is 0 Å². The maximum atomic E-state index is 9.70. The summed E-state index contributed by atoms with van der Waals surface area (Å²) in [6.45, 7) is 0. The zero-order chi connectivity index (χ0) is 13.1. The molecular formula is C12H8Cl2N2O2. The molecule has 0 fully saturated rings. The molecule has 2 N–H and O–H groups in total. The second-order valence-corrected chi connectivity index (χ2v) is 4.27. The molecule has 6 heteroatoms. The van der Waals surface area contributed by atoms with Gasteiger partial charge in [0.05, 0.1) is 5.02 Å². The fraction of sp³-hybridized carbons (Fsp3) is 0. The maximum Gasteiger partial charge on any atom is 0.194 e. The highest BCUT2D eigenvalue weighted by Crippen LogP contribution is 2.30. The predicted molar refractivity (Wildman–Crippen MR) is 71.3 cm³/mol. The summed E-state index contributed by atoms with van der Waals surface area (Å²) in [4.78, 5) is 7.83. The van der Waals surface area contributed by atoms with E-state index in [4.69, 9.17) is 23.2 Å². The molecule has 92 valence electrons. The number of rotatable bonds is 2. The third-order valence-corrected chi connectivity index (χ3v) is 2.66. The van der Waals surface area contributed by atoms with E-state index in [0.717, 1.165) is 0 Å². The summed E-state index contributed by atoms with van der Waals surface area (Å²) >= 11 is 11.6. The van der Waals surface area contributed by atoms with Crippen molar-refractivity contribution in [2.45, 2.75) is 0 Å². The normalized spacial score (nSPS) is 11.0. The Bertz CT molecular complexity index is 615. The number of aliphatic imine (C=N–C) groups is 1. The van der Waals surface area contributed by atoms with Crippen LogP contribution in [0.5, 0.6) is 11.5 Å². The minimum absolute atomic E-state index is 0.0543. The molecule has 0 saturated heterocycles. The molecule has 0 bridgehead atoms. The third-order valence-electron chi connectivity index (χ3n) is 2.15. The van der Waals surface area contributed by atoms with Crippen molar-refractivity contribution >= 4 is 35.2 Å². The number of pyridine rings is 1. The van der Waals surface area contributed by atoms with E-state index in [1.807, 2.05) is 0 Å². The van der Waals surface area contributed by atoms with Crippen LogP contribution in [0.2, 0.25) is 10.0 Å². The van der Waals surface area contributed by atoms with Crippen LogP contribution < -0.4 is 0 Å². The Morgan fingerprint density at radius 1 is 1.22 bits per heavy atom. The zero-order valence-corrected chi connectivity index (χ0v) is 10.5. The minimum atomic E-state index is -0.125. The number of aromatic nitrogens is 1. The molecule has 0 aliphatic rings. The fourth-order valence-corrected chi connectivity index (χ4v) is 1.81. The first-order valence-corrected chi connectivity index (χ1v) is 5.69. The van der Waals surface area contributed by atoms with E-state index in [1.54, 1.807) is 6.07 Å². The second kappa shape index (κ2) is 5.25. The van der Waals surface area contributed by atoms with Crippen molar-refractivity contribution < 1.29 is 10.2 Å². The third kappa shape index (κ3) is 2.72. The fourth-order valence-electron chi connectivity index (χ4n) is 1.30. The van der Waals surface area contributed by atoms with Crippen LogP contribution >= 0.6 is 23.2 Å². The molecule has 1 aromatic heterocycles. The lowest BCUT2D eigenvalue weighted by molar-refractivity contribution is 0.473. The molecule has 2 rings (SSSR count). The Morgan fingerprint density at radius 3 is 2.72 bits per heavy atom. The number of hydrogen-bond acceptors (Lipinski definition) is 4. The predicted octanol–water partition coefficient (Wildman–Crippen LogP) is 3.55. The highest BCUT2D eigenvalue weighted by molar-refractivity contribution is 6.36. The first kappa shape index (κ1) is 12.7. The minimum Gasteiger partial charge on any atom is -0.506 e. The van der Waals surface area contributed by atoms with Crippen LogP contribution in [0, 0.1) is 0 Å². The van der Waals surface area contributed by atoms with Gasteiger partial charge >= 0.3 is 0 Å². The van der Waals surface area contributed by atoms with E-state index in [-0.39, 0.29) is 22.3 Å². The van der Waals surface area contributed by atoms with Gasteiger partial charge in [-0.25, -0.2) is 9.98 Å². The summed E-state index contributed by atoms with van der Waals surface area (Å²) in [5.74, 6) is -0.0328. The molecule has 1 aromatic carbocycles. The van der Waals surface area contributed by atoms with Gasteiger partial charge in [-0.15, -0.1) is 0 Å². The Labute approximate surface area is 113 Å². The van der Waals surface area contributed by atoms with Crippen LogP contribution in [0.3, 0.4) is 0 Å². The lowest BCUT2D eigenvalue weighted by Crippen LogP contribution is -1.84. The van der Waals surface area contributed by atoms with E-state index in [9.17, 15) is 10.2 Å². The molecule has 2 aromatic rings. The van der Waals surface area contributed by atoms with Gasteiger partial charge in [0.15, 0.2) is 11.6 Å². The number of halogens is 2. The number of aromatic hydroxyl groups is 2. The van der Waals surface area contributed by atoms with E-state index in [1.165, 1.54) is 30.6 Å². The molecule has 0 aliphatic carbocycles. The average Bonchev–Trinajstić information content (AvgIpc) is 2.33. The quantitative estimate of drug-likeness (QED) is 0.828. The van der Waals surface area contributed by atoms with Crippen LogP contribution in [-0.4, -0.2) is 21.4 Å². The van der Waals surface area contributed by atoms with E-state index in [0.29, 0.717) is 10.6 Å². The van der Waals surface area contributed by atoms with Gasteiger partial charge in [0.2, 0.25) is 0 Å². The molecule has 0 atom stereocenters. The first-order chi connectivity index (χ1) is 8.58. The summed E-state index contributed by atoms with van der Waals surface area (Å²) in [5.41, 5.74) is 0.345. The zero-order valence-electron chi connectivity index (χ0n) is 9.01. The molecular weight excluding hydrogens is 275 g/mol. The molecule has 1 heterocycles. The first-order valence-electron chi connectivity index (χ1n) is 4.94. The Hall–Kier alpha value is -1.78. The van der Waals surface area contributed by atoms with Crippen molar-refractivity contribution in [3.63, 3.8) is 0 Å². The van der Waals surface area contributed by atoms with Gasteiger partial charge in [-0.1, -0.05) is 23.2 Å². The number of phenols is 1. The monoisotopic (exact) mass is 282 g/mol. The molecule has 18 heavy (non-hydrogen) atoms. The summed E-state index contributed by atoms with van der Waals surface area (Å²) in [5, 5.41) is 19.7. The standard InChI is InChI=1S/C12H8Cl2N2O2/c13-8-4-7(11(18)9(14)5-8)6-16-12-10(17)2-1-3-15-12/h1-6,17-18H. The number of benzene rings is 1. The van der Waals surface area contributed by atoms with E-state index in [2.05, 4.69) is 9.98 Å². The van der Waals surface area contributed by atoms with Crippen LogP contribution in [0.4, 0.5) is 5.82 Å². The van der Waals surface area contributed by atoms with Crippen molar-refractivity contribution in [2.75, 3.05) is 0 Å². The van der Waals surface area contributed by atoms with Gasteiger partial charge in [-0.3, -0.25) is 0 Å². The average molecular weight is 283 g/mol. The van der Waals surface area contributed by atoms with E-state index >= 15 is 0 Å². The molecule has 0 unspecified atom stereocenters. The van der Waals surface area contributed by atoms with Crippen molar-refractivity contribution in [1.29, 1.82) is 0 Å². The van der Waals surface area contributed by atoms with Gasteiger partial charge in [0.1, 0.15) is 5.75 Å². The van der Waals surface area contributed by atoms with Crippen molar-refractivity contribution in [3.8, 4) is 11.5 Å². The molecule has 0 aliphatic heterocycles. The molecule has 4 nitrogen and oxygen atoms in total. The Morgan fingerprint density at radius 2 is 2.00 bits per heavy atom. The van der Waals surface area contributed by atoms with Gasteiger partial charge in [-0.2, -0.15) is 0 Å². The van der Waals surface area contributed by atoms with Crippen molar-refractivity contribution in [3.05, 3.63) is 46.1 Å². The molecule has 0 spiro atoms. The number of nitrogens with zero attached hydrogens (tertiary/aromatic N) is 2. The highest BCUT2D eigenvalue weighted by Gasteiger charge is 2.06. The van der Waals surface area contributed by atoms with Gasteiger partial charge in [-0.05, 0) is 24.3 Å². The van der Waals surface area contributed by atoms with E-state index < -0.39 is 0 Å². The topological polar surface area (TPSA) is 65.7 Å². The molecule has 0 radical (unpaired) electrons. The lowest BCUT2D eigenvalue weighted by atomic mass is 10.2. The largest absolute Gasteiger partial charge is 0.506 e. The Kier molecular flexibility index (Phi) is 3.69. The Balaban J connectivity index is 2.38. The van der Waals surface area contributed by atoms with Crippen LogP contribution in [0.25, 0.3) is 0 Å². The summed E-state index contributed by atoms with van der Waals surface area (Å²) in [6, 6.07) is 5.98. The molecule has 0 saturated carbocycles. The highest BCUT2D eigenvalue weighted by atomic mass is 35.5.